The molecule has 3 aromatic rings. The first kappa shape index (κ1) is 23.3. The molecule has 184 valence electrons. The largest absolute Gasteiger partial charge is 0.491 e. The van der Waals surface area contributed by atoms with Crippen molar-refractivity contribution in [2.45, 2.75) is 44.9 Å². The van der Waals surface area contributed by atoms with Crippen LogP contribution in [0.1, 0.15) is 52.1 Å². The average molecular weight is 497 g/mol. The molecule has 1 fully saturated rings. The molecule has 2 aliphatic heterocycles. The zero-order chi connectivity index (χ0) is 24.9. The highest BCUT2D eigenvalue weighted by atomic mass is 32.2. The third kappa shape index (κ3) is 4.24. The summed E-state index contributed by atoms with van der Waals surface area (Å²) in [6.45, 7) is 4.66. The number of benzene rings is 1. The van der Waals surface area contributed by atoms with Gasteiger partial charge in [0, 0.05) is 19.3 Å². The topological polar surface area (TPSA) is 133 Å². The fourth-order valence-corrected chi connectivity index (χ4v) is 6.14. The number of pyridine rings is 1. The van der Waals surface area contributed by atoms with E-state index in [-0.39, 0.29) is 30.1 Å². The van der Waals surface area contributed by atoms with Crippen LogP contribution in [-0.2, 0) is 22.8 Å². The molecule has 2 aromatic heterocycles. The van der Waals surface area contributed by atoms with Crippen LogP contribution in [0.3, 0.4) is 0 Å². The molecule has 0 saturated carbocycles. The molecule has 2 N–H and O–H groups in total. The van der Waals surface area contributed by atoms with E-state index < -0.39 is 10.0 Å². The number of hydrogen-bond acceptors (Lipinski definition) is 7. The van der Waals surface area contributed by atoms with Crippen molar-refractivity contribution in [3.8, 4) is 5.75 Å². The molecular formula is C24H28N6O4S. The van der Waals surface area contributed by atoms with E-state index in [1.165, 1.54) is 0 Å². The second kappa shape index (κ2) is 8.63. The molecule has 0 spiro atoms. The lowest BCUT2D eigenvalue weighted by atomic mass is 10.00. The van der Waals surface area contributed by atoms with Gasteiger partial charge in [-0.15, -0.1) is 4.40 Å². The van der Waals surface area contributed by atoms with Crippen LogP contribution in [0.25, 0.3) is 11.0 Å². The Morgan fingerprint density at radius 1 is 1.26 bits per heavy atom. The van der Waals surface area contributed by atoms with Gasteiger partial charge in [0.2, 0.25) is 0 Å². The maximum Gasteiger partial charge on any atom is 0.259 e. The van der Waals surface area contributed by atoms with Crippen LogP contribution in [0.5, 0.6) is 5.75 Å². The number of aryl methyl sites for hydroxylation is 3. The van der Waals surface area contributed by atoms with E-state index in [1.54, 1.807) is 22.9 Å². The van der Waals surface area contributed by atoms with E-state index in [1.807, 2.05) is 31.9 Å². The van der Waals surface area contributed by atoms with Crippen molar-refractivity contribution >= 4 is 32.8 Å². The van der Waals surface area contributed by atoms with Crippen molar-refractivity contribution in [2.24, 2.45) is 17.2 Å². The van der Waals surface area contributed by atoms with Crippen molar-refractivity contribution in [1.29, 1.82) is 0 Å². The molecule has 1 aromatic carbocycles. The zero-order valence-electron chi connectivity index (χ0n) is 20.0. The molecule has 4 heterocycles. The second-order valence-electron chi connectivity index (χ2n) is 9.17. The molecule has 2 aliphatic rings. The predicted molar refractivity (Wildman–Crippen MR) is 132 cm³/mol. The van der Waals surface area contributed by atoms with Crippen molar-refractivity contribution < 1.29 is 17.9 Å². The number of aromatic nitrogens is 3. The summed E-state index contributed by atoms with van der Waals surface area (Å²) >= 11 is 0. The van der Waals surface area contributed by atoms with E-state index in [9.17, 15) is 13.2 Å². The third-order valence-corrected chi connectivity index (χ3v) is 7.74. The molecule has 0 unspecified atom stereocenters. The molecule has 0 bridgehead atoms. The number of hydrogen-bond donors (Lipinski definition) is 1. The van der Waals surface area contributed by atoms with E-state index in [0.717, 1.165) is 36.0 Å². The summed E-state index contributed by atoms with van der Waals surface area (Å²) in [5.74, 6) is 0.130. The van der Waals surface area contributed by atoms with Gasteiger partial charge in [-0.2, -0.15) is 5.10 Å². The lowest BCUT2D eigenvalue weighted by molar-refractivity contribution is 0.0530. The van der Waals surface area contributed by atoms with Crippen LogP contribution in [0.4, 0.5) is 0 Å². The Hall–Kier alpha value is -3.47. The van der Waals surface area contributed by atoms with Gasteiger partial charge in [0.05, 0.1) is 34.0 Å². The van der Waals surface area contributed by atoms with Gasteiger partial charge >= 0.3 is 0 Å². The summed E-state index contributed by atoms with van der Waals surface area (Å²) in [4.78, 5) is 20.3. The first-order valence-corrected chi connectivity index (χ1v) is 13.2. The fraction of sp³-hybridized carbons (Fsp3) is 0.417. The summed E-state index contributed by atoms with van der Waals surface area (Å²) < 4.78 is 35.5. The molecule has 1 atom stereocenters. The van der Waals surface area contributed by atoms with Gasteiger partial charge in [-0.1, -0.05) is 12.1 Å². The zero-order valence-corrected chi connectivity index (χ0v) is 20.8. The Morgan fingerprint density at radius 2 is 2.06 bits per heavy atom. The maximum absolute atomic E-state index is 13.8. The highest BCUT2D eigenvalue weighted by Crippen LogP contribution is 2.30. The SMILES string of the molecule is Cc1cc(C(=O)N2CCCC[C@@H]2COc2cccc3c2C(N)=NS(=O)(=O)C3)c2c(C)nn(C)c2n1. The van der Waals surface area contributed by atoms with Crippen LogP contribution in [0.15, 0.2) is 28.7 Å². The fourth-order valence-electron chi connectivity index (χ4n) is 5.05. The first-order valence-electron chi connectivity index (χ1n) is 11.6. The summed E-state index contributed by atoms with van der Waals surface area (Å²) in [7, 11) is -1.80. The number of ether oxygens (including phenoxy) is 1. The Bertz CT molecular complexity index is 1480. The highest BCUT2D eigenvalue weighted by Gasteiger charge is 2.31. The van der Waals surface area contributed by atoms with Gasteiger partial charge in [0.15, 0.2) is 5.65 Å². The number of nitrogens with two attached hydrogens (primary N) is 1. The molecule has 0 aliphatic carbocycles. The Labute approximate surface area is 203 Å². The minimum Gasteiger partial charge on any atom is -0.491 e. The van der Waals surface area contributed by atoms with E-state index in [4.69, 9.17) is 10.5 Å². The highest BCUT2D eigenvalue weighted by molar-refractivity contribution is 7.89. The summed E-state index contributed by atoms with van der Waals surface area (Å²) in [6, 6.07) is 6.90. The standard InChI is InChI=1S/C24H28N6O4S/c1-14-11-18(20-15(2)27-29(3)23(20)26-14)24(31)30-10-5-4-8-17(30)12-34-19-9-6-7-16-13-35(32,33)28-22(25)21(16)19/h6-7,9,11,17H,4-5,8,10,12-13H2,1-3H3,(H2,25,28)/t17-/m1/s1. The van der Waals surface area contributed by atoms with Crippen LogP contribution in [0.2, 0.25) is 0 Å². The molecule has 10 nitrogen and oxygen atoms in total. The van der Waals surface area contributed by atoms with Gasteiger partial charge in [-0.05, 0) is 50.8 Å². The molecular weight excluding hydrogens is 468 g/mol. The molecule has 1 saturated heterocycles. The van der Waals surface area contributed by atoms with Crippen molar-refractivity contribution in [3.05, 3.63) is 52.3 Å². The van der Waals surface area contributed by atoms with Crippen LogP contribution in [0, 0.1) is 13.8 Å². The number of piperidine rings is 1. The maximum atomic E-state index is 13.8. The van der Waals surface area contributed by atoms with Crippen molar-refractivity contribution in [3.63, 3.8) is 0 Å². The average Bonchev–Trinajstić information content (AvgIpc) is 3.08. The molecule has 0 radical (unpaired) electrons. The molecule has 5 rings (SSSR count). The second-order valence-corrected chi connectivity index (χ2v) is 10.8. The van der Waals surface area contributed by atoms with Crippen molar-refractivity contribution in [1.82, 2.24) is 19.7 Å². The quantitative estimate of drug-likeness (QED) is 0.585. The monoisotopic (exact) mass is 496 g/mol. The number of sulfonamides is 1. The normalized spacial score (nSPS) is 19.3. The Kier molecular flexibility index (Phi) is 5.74. The predicted octanol–water partition coefficient (Wildman–Crippen LogP) is 2.21. The number of carbonyl (C=O) groups is 1. The summed E-state index contributed by atoms with van der Waals surface area (Å²) in [5, 5.41) is 5.24. The third-order valence-electron chi connectivity index (χ3n) is 6.59. The van der Waals surface area contributed by atoms with Crippen molar-refractivity contribution in [2.75, 3.05) is 13.2 Å². The van der Waals surface area contributed by atoms with Gasteiger partial charge in [0.25, 0.3) is 15.9 Å². The minimum atomic E-state index is -3.63. The summed E-state index contributed by atoms with van der Waals surface area (Å²) in [6.07, 6.45) is 2.71. The number of nitrogens with zero attached hydrogens (tertiary/aromatic N) is 5. The van der Waals surface area contributed by atoms with Crippen LogP contribution >= 0.6 is 0 Å². The molecule has 11 heteroatoms. The van der Waals surface area contributed by atoms with Crippen LogP contribution < -0.4 is 10.5 Å². The summed E-state index contributed by atoms with van der Waals surface area (Å²) in [5.41, 5.74) is 9.87. The first-order chi connectivity index (χ1) is 16.6. The number of carbonyl (C=O) groups excluding carboxylic acids is 1. The van der Waals surface area contributed by atoms with Gasteiger partial charge < -0.3 is 15.4 Å². The van der Waals surface area contributed by atoms with E-state index >= 15 is 0 Å². The number of likely N-dealkylation sites (tertiary alicyclic amines) is 1. The van der Waals surface area contributed by atoms with Gasteiger partial charge in [-0.3, -0.25) is 9.48 Å². The Balaban J connectivity index is 1.43. The van der Waals surface area contributed by atoms with E-state index in [2.05, 4.69) is 14.5 Å². The minimum absolute atomic E-state index is 0.0628. The lowest BCUT2D eigenvalue weighted by Crippen LogP contribution is -2.47. The molecule has 35 heavy (non-hydrogen) atoms. The number of amides is 1. The smallest absolute Gasteiger partial charge is 0.259 e. The molecule has 1 amide bonds. The number of fused-ring (bicyclic) bond motifs is 2. The number of rotatable bonds is 4. The van der Waals surface area contributed by atoms with Gasteiger partial charge in [0.1, 0.15) is 18.2 Å². The van der Waals surface area contributed by atoms with Gasteiger partial charge in [-0.25, -0.2) is 13.4 Å². The number of amidine groups is 1. The Morgan fingerprint density at radius 3 is 2.86 bits per heavy atom. The lowest BCUT2D eigenvalue weighted by Gasteiger charge is -2.36. The van der Waals surface area contributed by atoms with E-state index in [0.29, 0.717) is 34.6 Å². The van der Waals surface area contributed by atoms with Crippen LogP contribution in [-0.4, -0.2) is 59.0 Å².